The fourth-order valence-electron chi connectivity index (χ4n) is 3.96. The van der Waals surface area contributed by atoms with Gasteiger partial charge in [-0.1, -0.05) is 24.3 Å². The predicted molar refractivity (Wildman–Crippen MR) is 142 cm³/mol. The Kier molecular flexibility index (Phi) is 8.85. The van der Waals surface area contributed by atoms with E-state index in [9.17, 15) is 18.0 Å². The minimum atomic E-state index is -3.53. The Morgan fingerprint density at radius 1 is 1.05 bits per heavy atom. The third kappa shape index (κ3) is 7.45. The molecule has 4 rings (SSSR count). The van der Waals surface area contributed by atoms with Gasteiger partial charge < -0.3 is 19.4 Å². The van der Waals surface area contributed by atoms with Crippen molar-refractivity contribution in [2.75, 3.05) is 7.11 Å². The highest BCUT2D eigenvalue weighted by atomic mass is 32.2. The number of furan rings is 1. The number of carbonyl (C=O) groups is 2. The molecule has 1 unspecified atom stereocenters. The van der Waals surface area contributed by atoms with Crippen LogP contribution in [0.4, 0.5) is 0 Å². The number of hydrogen-bond acceptors (Lipinski definition) is 6. The number of hydrogen-bond donors (Lipinski definition) is 2. The fourth-order valence-corrected chi connectivity index (χ4v) is 5.27. The summed E-state index contributed by atoms with van der Waals surface area (Å²) in [4.78, 5) is 28.1. The van der Waals surface area contributed by atoms with E-state index in [4.69, 9.17) is 9.15 Å². The van der Waals surface area contributed by atoms with Crippen molar-refractivity contribution in [2.24, 2.45) is 0 Å². The van der Waals surface area contributed by atoms with E-state index in [1.807, 2.05) is 24.3 Å². The third-order valence-corrected chi connectivity index (χ3v) is 7.99. The van der Waals surface area contributed by atoms with E-state index >= 15 is 0 Å². The zero-order valence-corrected chi connectivity index (χ0v) is 22.4. The van der Waals surface area contributed by atoms with Crippen LogP contribution in [0.3, 0.4) is 0 Å². The van der Waals surface area contributed by atoms with Gasteiger partial charge in [-0.05, 0) is 73.7 Å². The quantitative estimate of drug-likeness (QED) is 0.344. The van der Waals surface area contributed by atoms with Gasteiger partial charge in [0.1, 0.15) is 17.6 Å². The zero-order chi connectivity index (χ0) is 27.1. The maximum atomic E-state index is 13.4. The highest BCUT2D eigenvalue weighted by Crippen LogP contribution is 2.23. The van der Waals surface area contributed by atoms with Gasteiger partial charge in [0.2, 0.25) is 21.8 Å². The van der Waals surface area contributed by atoms with Crippen LogP contribution in [0.1, 0.15) is 43.1 Å². The molecule has 0 spiro atoms. The Morgan fingerprint density at radius 2 is 1.74 bits per heavy atom. The number of amides is 2. The van der Waals surface area contributed by atoms with Crippen LogP contribution < -0.4 is 14.8 Å². The van der Waals surface area contributed by atoms with E-state index in [0.29, 0.717) is 17.9 Å². The van der Waals surface area contributed by atoms with E-state index in [1.165, 1.54) is 6.26 Å². The number of ether oxygens (including phenoxy) is 1. The molecule has 1 heterocycles. The molecule has 1 aromatic heterocycles. The molecule has 38 heavy (non-hydrogen) atoms. The second-order valence-corrected chi connectivity index (χ2v) is 11.1. The molecule has 9 nitrogen and oxygen atoms in total. The number of sulfonamides is 1. The molecule has 3 aromatic rings. The van der Waals surface area contributed by atoms with E-state index < -0.39 is 16.1 Å². The van der Waals surface area contributed by atoms with E-state index in [-0.39, 0.29) is 42.3 Å². The first-order valence-corrected chi connectivity index (χ1v) is 14.1. The van der Waals surface area contributed by atoms with Crippen molar-refractivity contribution in [2.45, 2.75) is 62.7 Å². The topological polar surface area (TPSA) is 118 Å². The van der Waals surface area contributed by atoms with Crippen molar-refractivity contribution in [3.8, 4) is 5.75 Å². The van der Waals surface area contributed by atoms with Crippen molar-refractivity contribution in [1.82, 2.24) is 14.9 Å². The van der Waals surface area contributed by atoms with Crippen molar-refractivity contribution in [3.63, 3.8) is 0 Å². The average Bonchev–Trinajstić information content (AvgIpc) is 3.57. The number of nitrogens with zero attached hydrogens (tertiary/aromatic N) is 1. The van der Waals surface area contributed by atoms with E-state index in [2.05, 4.69) is 10.0 Å². The summed E-state index contributed by atoms with van der Waals surface area (Å²) in [6, 6.07) is 16.7. The second-order valence-electron chi connectivity index (χ2n) is 9.38. The predicted octanol–water partition coefficient (Wildman–Crippen LogP) is 3.40. The molecule has 2 aromatic carbocycles. The normalized spacial score (nSPS) is 14.1. The summed E-state index contributed by atoms with van der Waals surface area (Å²) < 4.78 is 38.0. The number of rotatable bonds is 13. The number of carbonyl (C=O) groups excluding carboxylic acids is 2. The van der Waals surface area contributed by atoms with Gasteiger partial charge in [-0.2, -0.15) is 0 Å². The van der Waals surface area contributed by atoms with Crippen molar-refractivity contribution in [3.05, 3.63) is 83.8 Å². The highest BCUT2D eigenvalue weighted by molar-refractivity contribution is 7.89. The molecular weight excluding hydrogens is 506 g/mol. The maximum absolute atomic E-state index is 13.4. The Hall–Kier alpha value is -3.63. The first kappa shape index (κ1) is 27.4. The van der Waals surface area contributed by atoms with Crippen LogP contribution in [0.2, 0.25) is 0 Å². The Bertz CT molecular complexity index is 1320. The molecule has 1 atom stereocenters. The lowest BCUT2D eigenvalue weighted by atomic mass is 10.1. The van der Waals surface area contributed by atoms with E-state index in [0.717, 1.165) is 24.0 Å². The summed E-state index contributed by atoms with van der Waals surface area (Å²) in [6.45, 7) is 2.18. The molecule has 0 saturated heterocycles. The minimum absolute atomic E-state index is 0.0345. The largest absolute Gasteiger partial charge is 0.497 e. The first-order chi connectivity index (χ1) is 18.2. The number of aryl methyl sites for hydroxylation is 1. The molecule has 1 aliphatic carbocycles. The monoisotopic (exact) mass is 539 g/mol. The van der Waals surface area contributed by atoms with Gasteiger partial charge in [-0.15, -0.1) is 0 Å². The standard InChI is InChI=1S/C28H33N3O6S/c1-20(28(33)29-18-25-4-3-17-37-25)31(19-22-5-12-24(36-2)13-6-22)27(32)16-9-21-7-14-26(15-8-21)38(34,35)30-23-10-11-23/h3-8,12-15,17,20,23,30H,9-11,16,18-19H2,1-2H3,(H,29,33). The number of methoxy groups -OCH3 is 1. The molecule has 202 valence electrons. The highest BCUT2D eigenvalue weighted by Gasteiger charge is 2.28. The van der Waals surface area contributed by atoms with Gasteiger partial charge in [-0.25, -0.2) is 13.1 Å². The Morgan fingerprint density at radius 3 is 2.34 bits per heavy atom. The summed E-state index contributed by atoms with van der Waals surface area (Å²) in [7, 11) is -1.94. The van der Waals surface area contributed by atoms with Crippen LogP contribution in [0.15, 0.2) is 76.2 Å². The van der Waals surface area contributed by atoms with Crippen LogP contribution in [-0.4, -0.2) is 44.3 Å². The van der Waals surface area contributed by atoms with Crippen molar-refractivity contribution >= 4 is 21.8 Å². The Labute approximate surface area is 223 Å². The molecule has 0 aliphatic heterocycles. The molecular formula is C28H33N3O6S. The molecule has 1 fully saturated rings. The lowest BCUT2D eigenvalue weighted by Crippen LogP contribution is -2.47. The lowest BCUT2D eigenvalue weighted by Gasteiger charge is -2.29. The van der Waals surface area contributed by atoms with Crippen LogP contribution in [0.5, 0.6) is 5.75 Å². The van der Waals surface area contributed by atoms with Gasteiger partial charge in [0.25, 0.3) is 0 Å². The van der Waals surface area contributed by atoms with Crippen LogP contribution in [0, 0.1) is 0 Å². The lowest BCUT2D eigenvalue weighted by molar-refractivity contribution is -0.140. The Balaban J connectivity index is 1.41. The minimum Gasteiger partial charge on any atom is -0.497 e. The first-order valence-electron chi connectivity index (χ1n) is 12.6. The molecule has 10 heteroatoms. The van der Waals surface area contributed by atoms with Gasteiger partial charge in [0.15, 0.2) is 0 Å². The van der Waals surface area contributed by atoms with Gasteiger partial charge in [-0.3, -0.25) is 9.59 Å². The number of benzene rings is 2. The molecule has 2 amide bonds. The van der Waals surface area contributed by atoms with Crippen LogP contribution in [0.25, 0.3) is 0 Å². The SMILES string of the molecule is COc1ccc(CN(C(=O)CCc2ccc(S(=O)(=O)NC3CC3)cc2)C(C)C(=O)NCc2ccco2)cc1. The molecule has 1 aliphatic rings. The summed E-state index contributed by atoms with van der Waals surface area (Å²) in [5, 5.41) is 2.83. The summed E-state index contributed by atoms with van der Waals surface area (Å²) in [5.41, 5.74) is 1.70. The van der Waals surface area contributed by atoms with Gasteiger partial charge in [0, 0.05) is 19.0 Å². The smallest absolute Gasteiger partial charge is 0.242 e. The summed E-state index contributed by atoms with van der Waals surface area (Å²) in [5.74, 6) is 0.847. The average molecular weight is 540 g/mol. The maximum Gasteiger partial charge on any atom is 0.242 e. The van der Waals surface area contributed by atoms with Crippen LogP contribution >= 0.6 is 0 Å². The third-order valence-electron chi connectivity index (χ3n) is 6.46. The molecule has 0 radical (unpaired) electrons. The molecule has 2 N–H and O–H groups in total. The fraction of sp³-hybridized carbons (Fsp3) is 0.357. The zero-order valence-electron chi connectivity index (χ0n) is 21.6. The van der Waals surface area contributed by atoms with Gasteiger partial charge >= 0.3 is 0 Å². The van der Waals surface area contributed by atoms with E-state index in [1.54, 1.807) is 55.3 Å². The summed E-state index contributed by atoms with van der Waals surface area (Å²) in [6.07, 6.45) is 3.85. The second kappa shape index (κ2) is 12.3. The van der Waals surface area contributed by atoms with Crippen molar-refractivity contribution < 1.29 is 27.2 Å². The van der Waals surface area contributed by atoms with Crippen molar-refractivity contribution in [1.29, 1.82) is 0 Å². The molecule has 1 saturated carbocycles. The van der Waals surface area contributed by atoms with Gasteiger partial charge in [0.05, 0.1) is 24.8 Å². The van der Waals surface area contributed by atoms with Crippen LogP contribution in [-0.2, 0) is 39.1 Å². The number of nitrogens with one attached hydrogen (secondary N) is 2. The molecule has 0 bridgehead atoms. The summed E-state index contributed by atoms with van der Waals surface area (Å²) >= 11 is 0.